The largest absolute Gasteiger partial charge is 0.323 e. The zero-order valence-electron chi connectivity index (χ0n) is 12.7. The third kappa shape index (κ3) is 2.51. The standard InChI is InChI=1S/C16H23ClN2/c1-10-8-7-9-13-14(10)19(12(3)16(4,5)6)15(18-13)11(2)17/h7-9,11-12H,1-6H3. The van der Waals surface area contributed by atoms with Gasteiger partial charge >= 0.3 is 0 Å². The molecule has 0 aliphatic carbocycles. The minimum absolute atomic E-state index is 0.0865. The summed E-state index contributed by atoms with van der Waals surface area (Å²) >= 11 is 6.34. The highest BCUT2D eigenvalue weighted by molar-refractivity contribution is 6.20. The molecule has 0 fully saturated rings. The monoisotopic (exact) mass is 278 g/mol. The summed E-state index contributed by atoms with van der Waals surface area (Å²) < 4.78 is 2.32. The molecule has 0 amide bonds. The maximum Gasteiger partial charge on any atom is 0.127 e. The van der Waals surface area contributed by atoms with Crippen LogP contribution in [0.3, 0.4) is 0 Å². The van der Waals surface area contributed by atoms with Gasteiger partial charge in [-0.25, -0.2) is 4.98 Å². The van der Waals surface area contributed by atoms with Gasteiger partial charge in [0.25, 0.3) is 0 Å². The summed E-state index contributed by atoms with van der Waals surface area (Å²) in [5, 5.41) is -0.0865. The molecule has 1 aromatic heterocycles. The Kier molecular flexibility index (Phi) is 3.65. The number of rotatable bonds is 2. The number of hydrogen-bond donors (Lipinski definition) is 0. The second-order valence-corrected chi connectivity index (χ2v) is 7.10. The van der Waals surface area contributed by atoms with Gasteiger partial charge in [0.2, 0.25) is 0 Å². The van der Waals surface area contributed by atoms with Gasteiger partial charge in [-0.3, -0.25) is 0 Å². The first kappa shape index (κ1) is 14.4. The summed E-state index contributed by atoms with van der Waals surface area (Å²) in [6.45, 7) is 13.1. The summed E-state index contributed by atoms with van der Waals surface area (Å²) in [7, 11) is 0. The molecule has 1 heterocycles. The lowest BCUT2D eigenvalue weighted by atomic mass is 9.87. The van der Waals surface area contributed by atoms with E-state index in [1.165, 1.54) is 11.1 Å². The number of benzene rings is 1. The van der Waals surface area contributed by atoms with E-state index in [0.717, 1.165) is 11.3 Å². The van der Waals surface area contributed by atoms with Crippen LogP contribution in [0.2, 0.25) is 0 Å². The van der Waals surface area contributed by atoms with Gasteiger partial charge < -0.3 is 4.57 Å². The minimum atomic E-state index is -0.0865. The SMILES string of the molecule is Cc1cccc2nc(C(C)Cl)n(C(C)C(C)(C)C)c12. The molecule has 0 saturated carbocycles. The fourth-order valence-corrected chi connectivity index (χ4v) is 2.55. The Morgan fingerprint density at radius 1 is 1.21 bits per heavy atom. The lowest BCUT2D eigenvalue weighted by Crippen LogP contribution is -2.23. The van der Waals surface area contributed by atoms with Gasteiger partial charge in [0, 0.05) is 6.04 Å². The predicted octanol–water partition coefficient (Wildman–Crippen LogP) is 5.25. The third-order valence-electron chi connectivity index (χ3n) is 3.94. The molecule has 2 unspecified atom stereocenters. The van der Waals surface area contributed by atoms with Crippen molar-refractivity contribution < 1.29 is 0 Å². The van der Waals surface area contributed by atoms with Crippen LogP contribution < -0.4 is 0 Å². The molecular weight excluding hydrogens is 256 g/mol. The van der Waals surface area contributed by atoms with Crippen molar-refractivity contribution in [1.29, 1.82) is 0 Å². The van der Waals surface area contributed by atoms with Crippen molar-refractivity contribution in [2.75, 3.05) is 0 Å². The Hall–Kier alpha value is -1.02. The molecule has 0 bridgehead atoms. The number of nitrogens with zero attached hydrogens (tertiary/aromatic N) is 2. The fraction of sp³-hybridized carbons (Fsp3) is 0.562. The molecule has 2 rings (SSSR count). The van der Waals surface area contributed by atoms with E-state index < -0.39 is 0 Å². The van der Waals surface area contributed by atoms with E-state index in [0.29, 0.717) is 6.04 Å². The summed E-state index contributed by atoms with van der Waals surface area (Å²) in [6.07, 6.45) is 0. The summed E-state index contributed by atoms with van der Waals surface area (Å²) in [5.41, 5.74) is 3.67. The lowest BCUT2D eigenvalue weighted by Gasteiger charge is -2.31. The van der Waals surface area contributed by atoms with Crippen LogP contribution in [0.1, 0.15) is 57.4 Å². The van der Waals surface area contributed by atoms with E-state index in [1.54, 1.807) is 0 Å². The summed E-state index contributed by atoms with van der Waals surface area (Å²) in [6, 6.07) is 6.60. The van der Waals surface area contributed by atoms with E-state index in [9.17, 15) is 0 Å². The lowest BCUT2D eigenvalue weighted by molar-refractivity contribution is 0.262. The van der Waals surface area contributed by atoms with Gasteiger partial charge in [-0.05, 0) is 37.8 Å². The molecule has 2 atom stereocenters. The van der Waals surface area contributed by atoms with Crippen molar-refractivity contribution in [2.24, 2.45) is 5.41 Å². The molecule has 1 aromatic carbocycles. The normalized spacial score (nSPS) is 15.7. The van der Waals surface area contributed by atoms with Crippen molar-refractivity contribution in [1.82, 2.24) is 9.55 Å². The number of alkyl halides is 1. The molecular formula is C16H23ClN2. The number of aromatic nitrogens is 2. The highest BCUT2D eigenvalue weighted by Gasteiger charge is 2.27. The van der Waals surface area contributed by atoms with Crippen LogP contribution in [-0.2, 0) is 0 Å². The maximum atomic E-state index is 6.34. The molecule has 2 nitrogen and oxygen atoms in total. The van der Waals surface area contributed by atoms with Crippen LogP contribution in [0, 0.1) is 12.3 Å². The van der Waals surface area contributed by atoms with E-state index in [-0.39, 0.29) is 10.8 Å². The Labute approximate surface area is 120 Å². The molecule has 0 radical (unpaired) electrons. The van der Waals surface area contributed by atoms with E-state index >= 15 is 0 Å². The van der Waals surface area contributed by atoms with Crippen LogP contribution in [0.5, 0.6) is 0 Å². The van der Waals surface area contributed by atoms with Crippen molar-refractivity contribution in [3.63, 3.8) is 0 Å². The van der Waals surface area contributed by atoms with Crippen LogP contribution in [0.25, 0.3) is 11.0 Å². The van der Waals surface area contributed by atoms with Crippen molar-refractivity contribution >= 4 is 22.6 Å². The molecule has 0 aliphatic rings. The molecule has 0 saturated heterocycles. The first-order valence-corrected chi connectivity index (χ1v) is 7.28. The van der Waals surface area contributed by atoms with Crippen LogP contribution in [0.4, 0.5) is 0 Å². The Morgan fingerprint density at radius 2 is 1.84 bits per heavy atom. The predicted molar refractivity (Wildman–Crippen MR) is 82.9 cm³/mol. The smallest absolute Gasteiger partial charge is 0.127 e. The van der Waals surface area contributed by atoms with Gasteiger partial charge in [0.1, 0.15) is 5.82 Å². The van der Waals surface area contributed by atoms with Gasteiger partial charge in [-0.15, -0.1) is 11.6 Å². The van der Waals surface area contributed by atoms with E-state index in [2.05, 4.69) is 57.4 Å². The summed E-state index contributed by atoms with van der Waals surface area (Å²) in [5.74, 6) is 0.966. The van der Waals surface area contributed by atoms with Crippen LogP contribution in [0.15, 0.2) is 18.2 Å². The van der Waals surface area contributed by atoms with Gasteiger partial charge in [0.15, 0.2) is 0 Å². The van der Waals surface area contributed by atoms with E-state index in [1.807, 2.05) is 6.92 Å². The topological polar surface area (TPSA) is 17.8 Å². The zero-order chi connectivity index (χ0) is 14.4. The Balaban J connectivity index is 2.78. The molecule has 0 N–H and O–H groups in total. The number of fused-ring (bicyclic) bond motifs is 1. The van der Waals surface area contributed by atoms with Crippen LogP contribution in [-0.4, -0.2) is 9.55 Å². The summed E-state index contributed by atoms with van der Waals surface area (Å²) in [4.78, 5) is 4.74. The first-order valence-electron chi connectivity index (χ1n) is 6.85. The van der Waals surface area contributed by atoms with Crippen LogP contribution >= 0.6 is 11.6 Å². The minimum Gasteiger partial charge on any atom is -0.323 e. The van der Waals surface area contributed by atoms with Gasteiger partial charge in [-0.1, -0.05) is 32.9 Å². The zero-order valence-corrected chi connectivity index (χ0v) is 13.4. The number of imidazole rings is 1. The molecule has 0 spiro atoms. The van der Waals surface area contributed by atoms with Crippen molar-refractivity contribution in [3.05, 3.63) is 29.6 Å². The molecule has 19 heavy (non-hydrogen) atoms. The number of hydrogen-bond acceptors (Lipinski definition) is 1. The average molecular weight is 279 g/mol. The highest BCUT2D eigenvalue weighted by atomic mass is 35.5. The molecule has 104 valence electrons. The van der Waals surface area contributed by atoms with E-state index in [4.69, 9.17) is 16.6 Å². The Bertz CT molecular complexity index is 591. The number of halogens is 1. The number of para-hydroxylation sites is 1. The molecule has 0 aliphatic heterocycles. The Morgan fingerprint density at radius 3 is 2.37 bits per heavy atom. The second-order valence-electron chi connectivity index (χ2n) is 6.44. The van der Waals surface area contributed by atoms with Gasteiger partial charge in [0.05, 0.1) is 16.4 Å². The molecule has 2 aromatic rings. The highest BCUT2D eigenvalue weighted by Crippen LogP contribution is 2.37. The van der Waals surface area contributed by atoms with Crippen molar-refractivity contribution in [2.45, 2.75) is 53.0 Å². The fourth-order valence-electron chi connectivity index (χ4n) is 2.40. The second kappa shape index (κ2) is 4.82. The quantitative estimate of drug-likeness (QED) is 0.686. The van der Waals surface area contributed by atoms with Gasteiger partial charge in [-0.2, -0.15) is 0 Å². The first-order chi connectivity index (χ1) is 8.73. The molecule has 3 heteroatoms. The average Bonchev–Trinajstić information content (AvgIpc) is 2.67. The van der Waals surface area contributed by atoms with Crippen molar-refractivity contribution in [3.8, 4) is 0 Å². The number of aryl methyl sites for hydroxylation is 1. The third-order valence-corrected chi connectivity index (χ3v) is 4.13. The maximum absolute atomic E-state index is 6.34.